The van der Waals surface area contributed by atoms with Crippen molar-refractivity contribution >= 4 is 61.2 Å². The number of thiophene rings is 1. The molecule has 0 aliphatic heterocycles. The lowest BCUT2D eigenvalue weighted by molar-refractivity contribution is 0.103. The number of nitrogens with zero attached hydrogens (tertiary/aromatic N) is 2. The Morgan fingerprint density at radius 1 is 1.15 bits per heavy atom. The first-order chi connectivity index (χ1) is 12.5. The Labute approximate surface area is 162 Å². The number of pyridine rings is 1. The molecule has 0 aliphatic carbocycles. The number of hydrogen-bond donors (Lipinski definition) is 2. The molecule has 4 aromatic rings. The van der Waals surface area contributed by atoms with Crippen LogP contribution in [0.1, 0.15) is 15.4 Å². The third-order valence-corrected chi connectivity index (χ3v) is 5.93. The van der Waals surface area contributed by atoms with E-state index in [9.17, 15) is 4.79 Å². The van der Waals surface area contributed by atoms with E-state index in [4.69, 9.17) is 17.3 Å². The van der Waals surface area contributed by atoms with Gasteiger partial charge in [-0.3, -0.25) is 10.1 Å². The summed E-state index contributed by atoms with van der Waals surface area (Å²) in [6, 6.07) is 11.2. The summed E-state index contributed by atoms with van der Waals surface area (Å²) in [6.45, 7) is 1.91. The highest BCUT2D eigenvalue weighted by Gasteiger charge is 2.18. The Hall–Kier alpha value is -2.48. The molecule has 4 rings (SSSR count). The van der Waals surface area contributed by atoms with Gasteiger partial charge in [-0.1, -0.05) is 23.7 Å². The summed E-state index contributed by atoms with van der Waals surface area (Å²) < 4.78 is 0. The van der Waals surface area contributed by atoms with Crippen LogP contribution in [-0.2, 0) is 0 Å². The maximum atomic E-state index is 12.6. The number of rotatable bonds is 3. The van der Waals surface area contributed by atoms with Crippen LogP contribution in [0.5, 0.6) is 0 Å². The molecule has 0 saturated heterocycles. The van der Waals surface area contributed by atoms with Gasteiger partial charge >= 0.3 is 0 Å². The topological polar surface area (TPSA) is 80.9 Å². The van der Waals surface area contributed by atoms with Crippen molar-refractivity contribution in [3.63, 3.8) is 0 Å². The van der Waals surface area contributed by atoms with Crippen LogP contribution in [0.25, 0.3) is 21.5 Å². The summed E-state index contributed by atoms with van der Waals surface area (Å²) in [5, 5.41) is 6.69. The molecule has 3 heterocycles. The largest absolute Gasteiger partial charge is 0.397 e. The molecule has 8 heteroatoms. The van der Waals surface area contributed by atoms with E-state index in [1.54, 1.807) is 12.1 Å². The predicted molar refractivity (Wildman–Crippen MR) is 109 cm³/mol. The number of nitrogens with one attached hydrogen (secondary N) is 1. The van der Waals surface area contributed by atoms with Crippen LogP contribution in [0.15, 0.2) is 41.8 Å². The molecule has 5 nitrogen and oxygen atoms in total. The number of amides is 1. The third-order valence-electron chi connectivity index (χ3n) is 3.80. The zero-order chi connectivity index (χ0) is 18.3. The van der Waals surface area contributed by atoms with Gasteiger partial charge in [0.1, 0.15) is 9.71 Å². The molecule has 3 N–H and O–H groups in total. The second kappa shape index (κ2) is 6.68. The van der Waals surface area contributed by atoms with Gasteiger partial charge in [0, 0.05) is 27.0 Å². The number of nitrogens with two attached hydrogens (primary N) is 1. The van der Waals surface area contributed by atoms with Gasteiger partial charge in [-0.2, -0.15) is 0 Å². The Balaban J connectivity index is 1.59. The van der Waals surface area contributed by atoms with Crippen LogP contribution in [-0.4, -0.2) is 15.9 Å². The SMILES string of the molecule is Cc1ccc2c(N)c(C(=O)Nc3nc(-c4ccc(Cl)cc4)cs3)sc2n1. The molecule has 0 unspecified atom stereocenters. The predicted octanol–water partition coefficient (Wildman–Crippen LogP) is 5.22. The van der Waals surface area contributed by atoms with Gasteiger partial charge in [-0.05, 0) is 31.2 Å². The molecule has 0 fully saturated rings. The molecule has 130 valence electrons. The van der Waals surface area contributed by atoms with E-state index in [0.717, 1.165) is 27.2 Å². The lowest BCUT2D eigenvalue weighted by Crippen LogP contribution is -2.11. The van der Waals surface area contributed by atoms with E-state index in [0.29, 0.717) is 20.7 Å². The number of benzene rings is 1. The molecular weight excluding hydrogens is 388 g/mol. The van der Waals surface area contributed by atoms with E-state index in [1.807, 2.05) is 36.6 Å². The smallest absolute Gasteiger partial charge is 0.269 e. The summed E-state index contributed by atoms with van der Waals surface area (Å²) >= 11 is 8.55. The van der Waals surface area contributed by atoms with Gasteiger partial charge < -0.3 is 5.73 Å². The van der Waals surface area contributed by atoms with E-state index in [-0.39, 0.29) is 5.91 Å². The van der Waals surface area contributed by atoms with Crippen LogP contribution < -0.4 is 11.1 Å². The first kappa shape index (κ1) is 17.0. The second-order valence-corrected chi connectivity index (χ2v) is 7.94. The number of hydrogen-bond acceptors (Lipinski definition) is 6. The minimum Gasteiger partial charge on any atom is -0.397 e. The highest BCUT2D eigenvalue weighted by atomic mass is 35.5. The maximum absolute atomic E-state index is 12.6. The van der Waals surface area contributed by atoms with Crippen LogP contribution in [0.2, 0.25) is 5.02 Å². The number of carbonyl (C=O) groups excluding carboxylic acids is 1. The molecule has 1 amide bonds. The van der Waals surface area contributed by atoms with Gasteiger partial charge in [0.05, 0.1) is 11.4 Å². The Kier molecular flexibility index (Phi) is 4.36. The Morgan fingerprint density at radius 2 is 1.92 bits per heavy atom. The summed E-state index contributed by atoms with van der Waals surface area (Å²) in [4.78, 5) is 22.7. The fraction of sp³-hybridized carbons (Fsp3) is 0.0556. The zero-order valence-corrected chi connectivity index (χ0v) is 16.0. The number of anilines is 2. The summed E-state index contributed by atoms with van der Waals surface area (Å²) in [6.07, 6.45) is 0. The average Bonchev–Trinajstić information content (AvgIpc) is 3.20. The Bertz CT molecular complexity index is 1120. The van der Waals surface area contributed by atoms with E-state index >= 15 is 0 Å². The van der Waals surface area contributed by atoms with Gasteiger partial charge in [-0.25, -0.2) is 9.97 Å². The monoisotopic (exact) mass is 400 g/mol. The third kappa shape index (κ3) is 3.16. The first-order valence-corrected chi connectivity index (χ1v) is 9.77. The highest BCUT2D eigenvalue weighted by molar-refractivity contribution is 7.21. The van der Waals surface area contributed by atoms with Crippen LogP contribution in [0, 0.1) is 6.92 Å². The fourth-order valence-electron chi connectivity index (χ4n) is 2.50. The lowest BCUT2D eigenvalue weighted by Gasteiger charge is -2.00. The van der Waals surface area contributed by atoms with Crippen molar-refractivity contribution in [3.05, 3.63) is 57.4 Å². The van der Waals surface area contributed by atoms with Crippen LogP contribution in [0.3, 0.4) is 0 Å². The molecule has 0 aliphatic rings. The number of carbonyl (C=O) groups is 1. The number of aromatic nitrogens is 2. The standard InChI is InChI=1S/C18H13ClN4OS2/c1-9-2-7-12-14(20)15(26-17(12)21-9)16(24)23-18-22-13(8-25-18)10-3-5-11(19)6-4-10/h2-8H,20H2,1H3,(H,22,23,24). The van der Waals surface area contributed by atoms with Gasteiger partial charge in [-0.15, -0.1) is 22.7 Å². The highest BCUT2D eigenvalue weighted by Crippen LogP contribution is 2.33. The van der Waals surface area contributed by atoms with Crippen molar-refractivity contribution in [2.24, 2.45) is 0 Å². The van der Waals surface area contributed by atoms with Crippen LogP contribution >= 0.6 is 34.3 Å². The molecule has 3 aromatic heterocycles. The van der Waals surface area contributed by atoms with Crippen molar-refractivity contribution < 1.29 is 4.79 Å². The van der Waals surface area contributed by atoms with Gasteiger partial charge in [0.2, 0.25) is 0 Å². The number of aryl methyl sites for hydroxylation is 1. The minimum atomic E-state index is -0.278. The van der Waals surface area contributed by atoms with Crippen molar-refractivity contribution in [2.75, 3.05) is 11.1 Å². The summed E-state index contributed by atoms with van der Waals surface area (Å²) in [5.41, 5.74) is 9.19. The first-order valence-electron chi connectivity index (χ1n) is 7.70. The van der Waals surface area contributed by atoms with Gasteiger partial charge in [0.25, 0.3) is 5.91 Å². The van der Waals surface area contributed by atoms with E-state index < -0.39 is 0 Å². The number of fused-ring (bicyclic) bond motifs is 1. The van der Waals surface area contributed by atoms with Crippen LogP contribution in [0.4, 0.5) is 10.8 Å². The molecule has 26 heavy (non-hydrogen) atoms. The van der Waals surface area contributed by atoms with Crippen molar-refractivity contribution in [1.29, 1.82) is 0 Å². The maximum Gasteiger partial charge on any atom is 0.269 e. The van der Waals surface area contributed by atoms with Crippen molar-refractivity contribution in [1.82, 2.24) is 9.97 Å². The number of halogens is 1. The zero-order valence-electron chi connectivity index (χ0n) is 13.6. The van der Waals surface area contributed by atoms with E-state index in [1.165, 1.54) is 22.7 Å². The van der Waals surface area contributed by atoms with Crippen molar-refractivity contribution in [3.8, 4) is 11.3 Å². The summed E-state index contributed by atoms with van der Waals surface area (Å²) in [7, 11) is 0. The number of thiazole rings is 1. The molecular formula is C18H13ClN4OS2. The van der Waals surface area contributed by atoms with Crippen molar-refractivity contribution in [2.45, 2.75) is 6.92 Å². The summed E-state index contributed by atoms with van der Waals surface area (Å²) in [5.74, 6) is -0.278. The lowest BCUT2D eigenvalue weighted by atomic mass is 10.2. The molecule has 0 bridgehead atoms. The second-order valence-electron chi connectivity index (χ2n) is 5.65. The normalized spacial score (nSPS) is 11.0. The molecule has 1 aromatic carbocycles. The average molecular weight is 401 g/mol. The Morgan fingerprint density at radius 3 is 2.69 bits per heavy atom. The fourth-order valence-corrected chi connectivity index (χ4v) is 4.37. The van der Waals surface area contributed by atoms with E-state index in [2.05, 4.69) is 15.3 Å². The van der Waals surface area contributed by atoms with Gasteiger partial charge in [0.15, 0.2) is 5.13 Å². The minimum absolute atomic E-state index is 0.278. The molecule has 0 saturated carbocycles. The molecule has 0 atom stereocenters. The molecule has 0 radical (unpaired) electrons. The quantitative estimate of drug-likeness (QED) is 0.494. The number of nitrogen functional groups attached to an aromatic ring is 1. The molecule has 0 spiro atoms.